The van der Waals surface area contributed by atoms with Crippen LogP contribution in [0.2, 0.25) is 0 Å². The van der Waals surface area contributed by atoms with Crippen molar-refractivity contribution in [3.05, 3.63) is 65.5 Å². The number of anilines is 1. The van der Waals surface area contributed by atoms with Gasteiger partial charge in [-0.05, 0) is 35.7 Å². The fourth-order valence-electron chi connectivity index (χ4n) is 2.85. The molecule has 2 amide bonds. The Morgan fingerprint density at radius 1 is 1.27 bits per heavy atom. The number of benzene rings is 2. The van der Waals surface area contributed by atoms with E-state index in [1.54, 1.807) is 17.0 Å². The minimum Gasteiger partial charge on any atom is -0.394 e. The van der Waals surface area contributed by atoms with Gasteiger partial charge in [0.05, 0.1) is 12.6 Å². The molecule has 1 aliphatic heterocycles. The maximum Gasteiger partial charge on any atom is 0.322 e. The van der Waals surface area contributed by atoms with Crippen molar-refractivity contribution < 1.29 is 14.3 Å². The van der Waals surface area contributed by atoms with Gasteiger partial charge in [0.15, 0.2) is 0 Å². The molecule has 5 heteroatoms. The van der Waals surface area contributed by atoms with E-state index in [0.717, 1.165) is 17.5 Å². The van der Waals surface area contributed by atoms with Crippen LogP contribution in [0.4, 0.5) is 14.9 Å². The summed E-state index contributed by atoms with van der Waals surface area (Å²) in [6.45, 7) is 0.372. The van der Waals surface area contributed by atoms with Crippen LogP contribution >= 0.6 is 0 Å². The van der Waals surface area contributed by atoms with Gasteiger partial charge in [-0.15, -0.1) is 0 Å². The van der Waals surface area contributed by atoms with E-state index in [0.29, 0.717) is 12.2 Å². The number of nitrogens with one attached hydrogen (secondary N) is 1. The van der Waals surface area contributed by atoms with Crippen LogP contribution < -0.4 is 5.32 Å². The Balaban J connectivity index is 1.81. The van der Waals surface area contributed by atoms with Crippen LogP contribution in [-0.2, 0) is 6.42 Å². The molecular formula is C17H17FN2O2. The highest BCUT2D eigenvalue weighted by molar-refractivity contribution is 5.89. The fraction of sp³-hybridized carbons (Fsp3) is 0.235. The average Bonchev–Trinajstić information content (AvgIpc) is 2.53. The summed E-state index contributed by atoms with van der Waals surface area (Å²) in [4.78, 5) is 14.0. The number of aliphatic hydroxyl groups is 1. The molecule has 3 rings (SSSR count). The van der Waals surface area contributed by atoms with Crippen molar-refractivity contribution in [2.45, 2.75) is 12.5 Å². The van der Waals surface area contributed by atoms with Gasteiger partial charge in [-0.3, -0.25) is 0 Å². The molecule has 114 valence electrons. The van der Waals surface area contributed by atoms with Gasteiger partial charge < -0.3 is 15.3 Å². The third-order valence-corrected chi connectivity index (χ3v) is 3.92. The molecule has 1 unspecified atom stereocenters. The molecule has 0 saturated heterocycles. The minimum absolute atomic E-state index is 0.145. The number of nitrogens with zero attached hydrogens (tertiary/aromatic N) is 1. The molecule has 4 nitrogen and oxygen atoms in total. The molecule has 0 saturated carbocycles. The summed E-state index contributed by atoms with van der Waals surface area (Å²) in [7, 11) is 0. The number of carbonyl (C=O) groups excluding carboxylic acids is 1. The Morgan fingerprint density at radius 2 is 2.09 bits per heavy atom. The molecule has 2 aromatic carbocycles. The number of amides is 2. The molecule has 1 aliphatic rings. The van der Waals surface area contributed by atoms with E-state index in [2.05, 4.69) is 5.32 Å². The van der Waals surface area contributed by atoms with Crippen LogP contribution in [0.1, 0.15) is 17.2 Å². The lowest BCUT2D eigenvalue weighted by atomic mass is 9.93. The van der Waals surface area contributed by atoms with Crippen LogP contribution in [0.3, 0.4) is 0 Å². The molecule has 1 heterocycles. The number of fused-ring (bicyclic) bond motifs is 1. The smallest absolute Gasteiger partial charge is 0.322 e. The highest BCUT2D eigenvalue weighted by atomic mass is 19.1. The molecule has 0 radical (unpaired) electrons. The predicted octanol–water partition coefficient (Wildman–Crippen LogP) is 2.95. The van der Waals surface area contributed by atoms with Gasteiger partial charge in [0.25, 0.3) is 0 Å². The summed E-state index contributed by atoms with van der Waals surface area (Å²) in [6, 6.07) is 12.8. The first-order chi connectivity index (χ1) is 10.7. The van der Waals surface area contributed by atoms with Crippen LogP contribution in [-0.4, -0.2) is 29.2 Å². The van der Waals surface area contributed by atoms with Crippen molar-refractivity contribution in [1.82, 2.24) is 4.90 Å². The van der Waals surface area contributed by atoms with Gasteiger partial charge in [0.2, 0.25) is 0 Å². The molecule has 0 aromatic heterocycles. The third kappa shape index (κ3) is 2.80. The van der Waals surface area contributed by atoms with E-state index in [1.807, 2.05) is 24.3 Å². The number of rotatable bonds is 2. The Hall–Kier alpha value is -2.40. The Labute approximate surface area is 128 Å². The highest BCUT2D eigenvalue weighted by Gasteiger charge is 2.30. The van der Waals surface area contributed by atoms with E-state index >= 15 is 0 Å². The largest absolute Gasteiger partial charge is 0.394 e. The number of halogens is 1. The third-order valence-electron chi connectivity index (χ3n) is 3.92. The highest BCUT2D eigenvalue weighted by Crippen LogP contribution is 2.29. The zero-order chi connectivity index (χ0) is 15.5. The monoisotopic (exact) mass is 300 g/mol. The molecule has 0 aliphatic carbocycles. The lowest BCUT2D eigenvalue weighted by molar-refractivity contribution is 0.135. The van der Waals surface area contributed by atoms with Crippen molar-refractivity contribution in [1.29, 1.82) is 0 Å². The van der Waals surface area contributed by atoms with Crippen LogP contribution in [0.15, 0.2) is 48.5 Å². The second-order valence-electron chi connectivity index (χ2n) is 5.28. The standard InChI is InChI=1S/C17H17FN2O2/c18-13-5-3-6-14(10-13)19-17(22)20-9-8-12-4-1-2-7-15(12)16(20)11-21/h1-7,10,16,21H,8-9,11H2,(H,19,22). The summed E-state index contributed by atoms with van der Waals surface area (Å²) in [5.74, 6) is -0.402. The van der Waals surface area contributed by atoms with Crippen molar-refractivity contribution in [2.75, 3.05) is 18.5 Å². The van der Waals surface area contributed by atoms with E-state index in [9.17, 15) is 14.3 Å². The second kappa shape index (κ2) is 6.15. The molecule has 2 aromatic rings. The van der Waals surface area contributed by atoms with E-state index < -0.39 is 5.82 Å². The van der Waals surface area contributed by atoms with Crippen LogP contribution in [0.5, 0.6) is 0 Å². The maximum absolute atomic E-state index is 13.2. The SMILES string of the molecule is O=C(Nc1cccc(F)c1)N1CCc2ccccc2C1CO. The summed E-state index contributed by atoms with van der Waals surface area (Å²) >= 11 is 0. The predicted molar refractivity (Wildman–Crippen MR) is 82.1 cm³/mol. The topological polar surface area (TPSA) is 52.6 Å². The van der Waals surface area contributed by atoms with Gasteiger partial charge in [-0.2, -0.15) is 0 Å². The van der Waals surface area contributed by atoms with Gasteiger partial charge in [0, 0.05) is 12.2 Å². The number of carbonyl (C=O) groups is 1. The molecular weight excluding hydrogens is 283 g/mol. The van der Waals surface area contributed by atoms with E-state index in [-0.39, 0.29) is 18.7 Å². The first kappa shape index (κ1) is 14.5. The number of urea groups is 1. The average molecular weight is 300 g/mol. The molecule has 22 heavy (non-hydrogen) atoms. The van der Waals surface area contributed by atoms with Crippen LogP contribution in [0, 0.1) is 5.82 Å². The van der Waals surface area contributed by atoms with E-state index in [1.165, 1.54) is 12.1 Å². The zero-order valence-corrected chi connectivity index (χ0v) is 12.0. The normalized spacial score (nSPS) is 17.0. The Kier molecular flexibility index (Phi) is 4.06. The summed E-state index contributed by atoms with van der Waals surface area (Å²) in [5.41, 5.74) is 2.52. The van der Waals surface area contributed by atoms with Gasteiger partial charge in [-0.1, -0.05) is 30.3 Å². The lowest BCUT2D eigenvalue weighted by Gasteiger charge is -2.36. The van der Waals surface area contributed by atoms with Gasteiger partial charge in [-0.25, -0.2) is 9.18 Å². The molecule has 2 N–H and O–H groups in total. The quantitative estimate of drug-likeness (QED) is 0.896. The van der Waals surface area contributed by atoms with E-state index in [4.69, 9.17) is 0 Å². The molecule has 0 fully saturated rings. The zero-order valence-electron chi connectivity index (χ0n) is 12.0. The lowest BCUT2D eigenvalue weighted by Crippen LogP contribution is -2.43. The van der Waals surface area contributed by atoms with Crippen LogP contribution in [0.25, 0.3) is 0 Å². The summed E-state index contributed by atoms with van der Waals surface area (Å²) in [5, 5.41) is 12.4. The Bertz CT molecular complexity index is 690. The Morgan fingerprint density at radius 3 is 2.86 bits per heavy atom. The first-order valence-corrected chi connectivity index (χ1v) is 7.21. The van der Waals surface area contributed by atoms with Gasteiger partial charge in [0.1, 0.15) is 5.82 Å². The number of hydrogen-bond donors (Lipinski definition) is 2. The molecule has 0 bridgehead atoms. The van der Waals surface area contributed by atoms with Gasteiger partial charge >= 0.3 is 6.03 Å². The fourth-order valence-corrected chi connectivity index (χ4v) is 2.85. The number of hydrogen-bond acceptors (Lipinski definition) is 2. The van der Waals surface area contributed by atoms with Crippen molar-refractivity contribution in [3.63, 3.8) is 0 Å². The second-order valence-corrected chi connectivity index (χ2v) is 5.28. The summed E-state index contributed by atoms with van der Waals surface area (Å²) < 4.78 is 13.2. The minimum atomic E-state index is -0.402. The van der Waals surface area contributed by atoms with Crippen molar-refractivity contribution in [3.8, 4) is 0 Å². The maximum atomic E-state index is 13.2. The molecule has 1 atom stereocenters. The van der Waals surface area contributed by atoms with Crippen molar-refractivity contribution >= 4 is 11.7 Å². The number of aliphatic hydroxyl groups excluding tert-OH is 1. The van der Waals surface area contributed by atoms with Crippen molar-refractivity contribution in [2.24, 2.45) is 0 Å². The summed E-state index contributed by atoms with van der Waals surface area (Å²) in [6.07, 6.45) is 0.739. The first-order valence-electron chi connectivity index (χ1n) is 7.21. The molecule has 0 spiro atoms.